The van der Waals surface area contributed by atoms with Crippen LogP contribution in [0.2, 0.25) is 5.02 Å². The van der Waals surface area contributed by atoms with Crippen LogP contribution in [0.5, 0.6) is 5.75 Å². The third kappa shape index (κ3) is 4.73. The molecule has 1 heterocycles. The van der Waals surface area contributed by atoms with Crippen molar-refractivity contribution in [3.63, 3.8) is 0 Å². The lowest BCUT2D eigenvalue weighted by molar-refractivity contribution is 0.309. The molecule has 0 atom stereocenters. The molecule has 4 aromatic rings. The molecule has 162 valence electrons. The summed E-state index contributed by atoms with van der Waals surface area (Å²) in [5.41, 5.74) is 1.71. The van der Waals surface area contributed by atoms with E-state index >= 15 is 0 Å². The number of unbranched alkanes of at least 4 members (excludes halogenated alkanes) is 1. The van der Waals surface area contributed by atoms with Crippen LogP contribution < -0.4 is 10.3 Å². The van der Waals surface area contributed by atoms with Crippen LogP contribution >= 0.6 is 11.6 Å². The number of ether oxygens (including phenoxy) is 1. The first-order valence-corrected chi connectivity index (χ1v) is 10.8. The average molecular weight is 449 g/mol. The molecule has 0 amide bonds. The molecule has 6 heteroatoms. The first-order chi connectivity index (χ1) is 15.6. The van der Waals surface area contributed by atoms with Crippen LogP contribution in [0.15, 0.2) is 71.5 Å². The zero-order valence-corrected chi connectivity index (χ0v) is 18.3. The highest BCUT2D eigenvalue weighted by Crippen LogP contribution is 2.21. The number of hydrogen-bond donors (Lipinski definition) is 0. The summed E-state index contributed by atoms with van der Waals surface area (Å²) in [7, 11) is 0. The van der Waals surface area contributed by atoms with Gasteiger partial charge in [-0.1, -0.05) is 55.3 Å². The van der Waals surface area contributed by atoms with E-state index in [1.807, 2.05) is 36.4 Å². The highest BCUT2D eigenvalue weighted by molar-refractivity contribution is 6.30. The summed E-state index contributed by atoms with van der Waals surface area (Å²) in [5, 5.41) is 0.412. The maximum Gasteiger partial charge on any atom is 0.266 e. The average Bonchev–Trinajstić information content (AvgIpc) is 2.81. The van der Waals surface area contributed by atoms with E-state index in [0.717, 1.165) is 24.2 Å². The number of nitrogens with zero attached hydrogens (tertiary/aromatic N) is 2. The van der Waals surface area contributed by atoms with Gasteiger partial charge in [0.15, 0.2) is 0 Å². The molecule has 32 heavy (non-hydrogen) atoms. The van der Waals surface area contributed by atoms with Crippen molar-refractivity contribution >= 4 is 34.7 Å². The van der Waals surface area contributed by atoms with Gasteiger partial charge in [0.2, 0.25) is 0 Å². The second-order valence-corrected chi connectivity index (χ2v) is 7.74. The van der Waals surface area contributed by atoms with Gasteiger partial charge in [0.25, 0.3) is 5.56 Å². The maximum atomic E-state index is 13.7. The van der Waals surface area contributed by atoms with E-state index in [0.29, 0.717) is 29.0 Å². The van der Waals surface area contributed by atoms with Crippen molar-refractivity contribution in [1.82, 2.24) is 9.55 Å². The summed E-state index contributed by atoms with van der Waals surface area (Å²) in [6.45, 7) is 2.82. The van der Waals surface area contributed by atoms with Crippen LogP contribution in [0.1, 0.15) is 31.2 Å². The van der Waals surface area contributed by atoms with Crippen LogP contribution in [-0.4, -0.2) is 16.2 Å². The van der Waals surface area contributed by atoms with E-state index in [1.165, 1.54) is 22.8 Å². The largest absolute Gasteiger partial charge is 0.494 e. The van der Waals surface area contributed by atoms with E-state index in [2.05, 4.69) is 11.9 Å². The van der Waals surface area contributed by atoms with Gasteiger partial charge in [-0.2, -0.15) is 0 Å². The lowest BCUT2D eigenvalue weighted by Gasteiger charge is -2.12. The fraction of sp³-hybridized carbons (Fsp3) is 0.154. The molecule has 4 nitrogen and oxygen atoms in total. The highest BCUT2D eigenvalue weighted by Gasteiger charge is 2.12. The van der Waals surface area contributed by atoms with Crippen molar-refractivity contribution < 1.29 is 9.13 Å². The van der Waals surface area contributed by atoms with Crippen molar-refractivity contribution in [2.45, 2.75) is 19.8 Å². The summed E-state index contributed by atoms with van der Waals surface area (Å²) < 4.78 is 20.8. The van der Waals surface area contributed by atoms with E-state index < -0.39 is 5.82 Å². The first kappa shape index (κ1) is 21.8. The molecule has 0 unspecified atom stereocenters. The Morgan fingerprint density at radius 3 is 2.59 bits per heavy atom. The number of para-hydroxylation sites is 1. The van der Waals surface area contributed by atoms with E-state index in [-0.39, 0.29) is 10.6 Å². The predicted octanol–water partition coefficient (Wildman–Crippen LogP) is 6.53. The smallest absolute Gasteiger partial charge is 0.266 e. The van der Waals surface area contributed by atoms with Gasteiger partial charge >= 0.3 is 0 Å². The fourth-order valence-corrected chi connectivity index (χ4v) is 3.49. The van der Waals surface area contributed by atoms with Gasteiger partial charge in [-0.05, 0) is 60.5 Å². The molecular weight excluding hydrogens is 427 g/mol. The van der Waals surface area contributed by atoms with Gasteiger partial charge in [-0.3, -0.25) is 9.36 Å². The molecule has 0 aliphatic heterocycles. The van der Waals surface area contributed by atoms with Crippen molar-refractivity contribution in [3.05, 3.63) is 99.3 Å². The quantitative estimate of drug-likeness (QED) is 0.302. The van der Waals surface area contributed by atoms with E-state index in [1.54, 1.807) is 24.3 Å². The Morgan fingerprint density at radius 2 is 1.84 bits per heavy atom. The minimum absolute atomic E-state index is 0.0591. The third-order valence-electron chi connectivity index (χ3n) is 5.03. The second-order valence-electron chi connectivity index (χ2n) is 7.33. The Kier molecular flexibility index (Phi) is 6.66. The van der Waals surface area contributed by atoms with Crippen LogP contribution in [0, 0.1) is 5.82 Å². The molecule has 3 aromatic carbocycles. The minimum atomic E-state index is -0.546. The standard InChI is InChI=1S/C26H22ClFN2O2/c1-2-3-16-32-20-12-8-18(9-13-20)10-15-25-29-24-7-5-4-6-21(24)26(31)30(25)19-11-14-23(28)22(27)17-19/h4-15,17H,2-3,16H2,1H3/b15-10+. The monoisotopic (exact) mass is 448 g/mol. The molecule has 1 aromatic heterocycles. The molecule has 0 saturated heterocycles. The van der Waals surface area contributed by atoms with Gasteiger partial charge in [-0.15, -0.1) is 0 Å². The van der Waals surface area contributed by atoms with Gasteiger partial charge < -0.3 is 4.74 Å². The maximum absolute atomic E-state index is 13.7. The topological polar surface area (TPSA) is 44.1 Å². The van der Waals surface area contributed by atoms with Crippen LogP contribution in [-0.2, 0) is 0 Å². The van der Waals surface area contributed by atoms with Gasteiger partial charge in [0.1, 0.15) is 17.4 Å². The number of rotatable bonds is 7. The van der Waals surface area contributed by atoms with Crippen molar-refractivity contribution in [2.24, 2.45) is 0 Å². The Balaban J connectivity index is 1.74. The number of fused-ring (bicyclic) bond motifs is 1. The number of aromatic nitrogens is 2. The van der Waals surface area contributed by atoms with Crippen LogP contribution in [0.25, 0.3) is 28.7 Å². The Labute approximate surface area is 190 Å². The molecule has 0 aliphatic carbocycles. The second kappa shape index (κ2) is 9.79. The molecule has 0 fully saturated rings. The highest BCUT2D eigenvalue weighted by atomic mass is 35.5. The van der Waals surface area contributed by atoms with Crippen molar-refractivity contribution in [2.75, 3.05) is 6.61 Å². The third-order valence-corrected chi connectivity index (χ3v) is 5.32. The van der Waals surface area contributed by atoms with Gasteiger partial charge in [-0.25, -0.2) is 9.37 Å². The Morgan fingerprint density at radius 1 is 1.06 bits per heavy atom. The predicted molar refractivity (Wildman–Crippen MR) is 128 cm³/mol. The number of benzene rings is 3. The molecular formula is C26H22ClFN2O2. The Bertz CT molecular complexity index is 1330. The summed E-state index contributed by atoms with van der Waals surface area (Å²) >= 11 is 5.98. The Hall–Kier alpha value is -3.44. The normalized spacial score (nSPS) is 11.3. The van der Waals surface area contributed by atoms with Gasteiger partial charge in [0.05, 0.1) is 28.2 Å². The summed E-state index contributed by atoms with van der Waals surface area (Å²) in [6, 6.07) is 19.0. The lowest BCUT2D eigenvalue weighted by atomic mass is 10.2. The lowest BCUT2D eigenvalue weighted by Crippen LogP contribution is -2.22. The minimum Gasteiger partial charge on any atom is -0.494 e. The summed E-state index contributed by atoms with van der Waals surface area (Å²) in [6.07, 6.45) is 5.73. The van der Waals surface area contributed by atoms with Crippen molar-refractivity contribution in [1.29, 1.82) is 0 Å². The number of halogens is 2. The molecule has 0 bridgehead atoms. The zero-order valence-electron chi connectivity index (χ0n) is 17.6. The van der Waals surface area contributed by atoms with E-state index in [4.69, 9.17) is 16.3 Å². The van der Waals surface area contributed by atoms with Gasteiger partial charge in [0, 0.05) is 0 Å². The zero-order chi connectivity index (χ0) is 22.5. The van der Waals surface area contributed by atoms with E-state index in [9.17, 15) is 9.18 Å². The summed E-state index contributed by atoms with van der Waals surface area (Å²) in [5.74, 6) is 0.687. The van der Waals surface area contributed by atoms with Crippen LogP contribution in [0.3, 0.4) is 0 Å². The fourth-order valence-electron chi connectivity index (χ4n) is 3.32. The number of hydrogen-bond acceptors (Lipinski definition) is 3. The molecule has 0 radical (unpaired) electrons. The van der Waals surface area contributed by atoms with Crippen molar-refractivity contribution in [3.8, 4) is 11.4 Å². The molecule has 0 aliphatic rings. The first-order valence-electron chi connectivity index (χ1n) is 10.4. The molecule has 4 rings (SSSR count). The molecule has 0 saturated carbocycles. The molecule has 0 N–H and O–H groups in total. The van der Waals surface area contributed by atoms with Crippen LogP contribution in [0.4, 0.5) is 4.39 Å². The summed E-state index contributed by atoms with van der Waals surface area (Å²) in [4.78, 5) is 17.9. The molecule has 0 spiro atoms. The SMILES string of the molecule is CCCCOc1ccc(/C=C/c2nc3ccccc3c(=O)n2-c2ccc(F)c(Cl)c2)cc1.